The molecule has 0 spiro atoms. The number of rotatable bonds is 4. The van der Waals surface area contributed by atoms with Gasteiger partial charge < -0.3 is 0 Å². The smallest absolute Gasteiger partial charge is 0.166 e. The van der Waals surface area contributed by atoms with Crippen LogP contribution in [0.2, 0.25) is 0 Å². The Kier molecular flexibility index (Phi) is 4.52. The standard InChI is InChI=1S/C13H17BrO/c1-4-10(5-2)13(15)12-7-6-11(14)8-9(12)3/h6-8,10H,4-5H2,1-3H3. The molecule has 0 atom stereocenters. The summed E-state index contributed by atoms with van der Waals surface area (Å²) in [6, 6.07) is 5.85. The number of carbonyl (C=O) groups is 1. The van der Waals surface area contributed by atoms with Crippen molar-refractivity contribution in [3.63, 3.8) is 0 Å². The predicted octanol–water partition coefficient (Wildman–Crippen LogP) is 4.38. The number of ketones is 1. The van der Waals surface area contributed by atoms with Crippen LogP contribution >= 0.6 is 15.9 Å². The number of hydrogen-bond acceptors (Lipinski definition) is 1. The Bertz CT molecular complexity index is 354. The van der Waals surface area contributed by atoms with Crippen LogP contribution in [0, 0.1) is 12.8 Å². The summed E-state index contributed by atoms with van der Waals surface area (Å²) in [6.07, 6.45) is 1.84. The molecular weight excluding hydrogens is 252 g/mol. The minimum absolute atomic E-state index is 0.171. The SMILES string of the molecule is CCC(CC)C(=O)c1ccc(Br)cc1C. The summed E-state index contributed by atoms with van der Waals surface area (Å²) < 4.78 is 1.03. The van der Waals surface area contributed by atoms with Gasteiger partial charge in [0.05, 0.1) is 0 Å². The van der Waals surface area contributed by atoms with Crippen molar-refractivity contribution in [3.8, 4) is 0 Å². The lowest BCUT2D eigenvalue weighted by Crippen LogP contribution is -2.14. The van der Waals surface area contributed by atoms with Crippen molar-refractivity contribution in [1.29, 1.82) is 0 Å². The summed E-state index contributed by atoms with van der Waals surface area (Å²) in [5.41, 5.74) is 1.92. The number of carbonyl (C=O) groups excluding carboxylic acids is 1. The van der Waals surface area contributed by atoms with Crippen LogP contribution in [0.4, 0.5) is 0 Å². The second kappa shape index (κ2) is 5.45. The zero-order valence-corrected chi connectivity index (χ0v) is 11.1. The molecule has 0 saturated carbocycles. The van der Waals surface area contributed by atoms with Gasteiger partial charge in [-0.3, -0.25) is 4.79 Å². The maximum absolute atomic E-state index is 12.1. The van der Waals surface area contributed by atoms with Gasteiger partial charge in [-0.15, -0.1) is 0 Å². The van der Waals surface area contributed by atoms with Crippen LogP contribution < -0.4 is 0 Å². The minimum atomic E-state index is 0.171. The van der Waals surface area contributed by atoms with Crippen LogP contribution in [-0.4, -0.2) is 5.78 Å². The number of hydrogen-bond donors (Lipinski definition) is 0. The number of benzene rings is 1. The molecule has 1 nitrogen and oxygen atoms in total. The van der Waals surface area contributed by atoms with Crippen molar-refractivity contribution in [2.75, 3.05) is 0 Å². The Morgan fingerprint density at radius 2 is 1.93 bits per heavy atom. The molecule has 0 amide bonds. The van der Waals surface area contributed by atoms with Crippen LogP contribution in [0.1, 0.15) is 42.6 Å². The minimum Gasteiger partial charge on any atom is -0.294 e. The molecule has 0 aromatic heterocycles. The quantitative estimate of drug-likeness (QED) is 0.741. The molecule has 0 fully saturated rings. The molecule has 0 N–H and O–H groups in total. The molecule has 0 saturated heterocycles. The van der Waals surface area contributed by atoms with Crippen molar-refractivity contribution < 1.29 is 4.79 Å². The fourth-order valence-electron chi connectivity index (χ4n) is 1.78. The van der Waals surface area contributed by atoms with Crippen molar-refractivity contribution in [2.24, 2.45) is 5.92 Å². The van der Waals surface area contributed by atoms with E-state index in [2.05, 4.69) is 29.8 Å². The molecule has 0 aliphatic rings. The van der Waals surface area contributed by atoms with Crippen molar-refractivity contribution in [1.82, 2.24) is 0 Å². The van der Waals surface area contributed by atoms with E-state index in [1.165, 1.54) is 0 Å². The van der Waals surface area contributed by atoms with E-state index in [0.29, 0.717) is 0 Å². The highest BCUT2D eigenvalue weighted by Crippen LogP contribution is 2.21. The monoisotopic (exact) mass is 268 g/mol. The molecule has 0 bridgehead atoms. The second-order valence-corrected chi connectivity index (χ2v) is 4.75. The predicted molar refractivity (Wildman–Crippen MR) is 67.3 cm³/mol. The molecule has 0 aliphatic carbocycles. The third kappa shape index (κ3) is 2.91. The van der Waals surface area contributed by atoms with Crippen LogP contribution in [0.15, 0.2) is 22.7 Å². The Balaban J connectivity index is 3.00. The van der Waals surface area contributed by atoms with E-state index in [-0.39, 0.29) is 11.7 Å². The largest absolute Gasteiger partial charge is 0.294 e. The first-order chi connectivity index (χ1) is 7.10. The zero-order valence-electron chi connectivity index (χ0n) is 9.51. The average molecular weight is 269 g/mol. The highest BCUT2D eigenvalue weighted by atomic mass is 79.9. The molecule has 1 aromatic carbocycles. The van der Waals surface area contributed by atoms with E-state index in [9.17, 15) is 4.79 Å². The summed E-state index contributed by atoms with van der Waals surface area (Å²) >= 11 is 3.41. The normalized spacial score (nSPS) is 10.7. The first-order valence-corrected chi connectivity index (χ1v) is 6.19. The van der Waals surface area contributed by atoms with Gasteiger partial charge in [0, 0.05) is 16.0 Å². The number of halogens is 1. The summed E-state index contributed by atoms with van der Waals surface area (Å²) in [6.45, 7) is 6.13. The lowest BCUT2D eigenvalue weighted by Gasteiger charge is -2.13. The summed E-state index contributed by atoms with van der Waals surface area (Å²) in [4.78, 5) is 12.1. The van der Waals surface area contributed by atoms with Gasteiger partial charge in [-0.05, 0) is 37.5 Å². The fraction of sp³-hybridized carbons (Fsp3) is 0.462. The Labute approximate surface area is 100 Å². The molecule has 15 heavy (non-hydrogen) atoms. The fourth-order valence-corrected chi connectivity index (χ4v) is 2.26. The van der Waals surface area contributed by atoms with E-state index in [1.54, 1.807) is 0 Å². The van der Waals surface area contributed by atoms with Gasteiger partial charge in [0.2, 0.25) is 0 Å². The third-order valence-corrected chi connectivity index (χ3v) is 3.30. The molecule has 0 heterocycles. The molecule has 1 rings (SSSR count). The molecule has 1 aromatic rings. The maximum atomic E-state index is 12.1. The summed E-state index contributed by atoms with van der Waals surface area (Å²) in [7, 11) is 0. The van der Waals surface area contributed by atoms with Gasteiger partial charge >= 0.3 is 0 Å². The van der Waals surface area contributed by atoms with Gasteiger partial charge in [-0.25, -0.2) is 0 Å². The molecular formula is C13H17BrO. The molecule has 0 unspecified atom stereocenters. The van der Waals surface area contributed by atoms with E-state index in [0.717, 1.165) is 28.4 Å². The number of aryl methyl sites for hydroxylation is 1. The number of Topliss-reactive ketones (excluding diaryl/α,β-unsaturated/α-hetero) is 1. The molecule has 2 heteroatoms. The first kappa shape index (κ1) is 12.4. The van der Waals surface area contributed by atoms with Gasteiger partial charge in [0.1, 0.15) is 0 Å². The third-order valence-electron chi connectivity index (χ3n) is 2.81. The van der Waals surface area contributed by atoms with Gasteiger partial charge in [-0.1, -0.05) is 35.8 Å². The van der Waals surface area contributed by atoms with Gasteiger partial charge in [0.15, 0.2) is 5.78 Å². The van der Waals surface area contributed by atoms with Crippen LogP contribution in [0.5, 0.6) is 0 Å². The average Bonchev–Trinajstić information content (AvgIpc) is 2.19. The molecule has 0 radical (unpaired) electrons. The van der Waals surface area contributed by atoms with E-state index >= 15 is 0 Å². The van der Waals surface area contributed by atoms with Crippen LogP contribution in [-0.2, 0) is 0 Å². The van der Waals surface area contributed by atoms with Crippen LogP contribution in [0.3, 0.4) is 0 Å². The lowest BCUT2D eigenvalue weighted by atomic mass is 9.91. The van der Waals surface area contributed by atoms with Crippen molar-refractivity contribution >= 4 is 21.7 Å². The Morgan fingerprint density at radius 1 is 1.33 bits per heavy atom. The summed E-state index contributed by atoms with van der Waals surface area (Å²) in [5.74, 6) is 0.454. The van der Waals surface area contributed by atoms with E-state index in [1.807, 2.05) is 25.1 Å². The maximum Gasteiger partial charge on any atom is 0.166 e. The van der Waals surface area contributed by atoms with Crippen LogP contribution in [0.25, 0.3) is 0 Å². The van der Waals surface area contributed by atoms with Crippen molar-refractivity contribution in [3.05, 3.63) is 33.8 Å². The highest BCUT2D eigenvalue weighted by Gasteiger charge is 2.17. The second-order valence-electron chi connectivity index (χ2n) is 3.84. The van der Waals surface area contributed by atoms with E-state index < -0.39 is 0 Å². The lowest BCUT2D eigenvalue weighted by molar-refractivity contribution is 0.0913. The van der Waals surface area contributed by atoms with Crippen molar-refractivity contribution in [2.45, 2.75) is 33.6 Å². The topological polar surface area (TPSA) is 17.1 Å². The summed E-state index contributed by atoms with van der Waals surface area (Å²) in [5, 5.41) is 0. The van der Waals surface area contributed by atoms with E-state index in [4.69, 9.17) is 0 Å². The Hall–Kier alpha value is -0.630. The first-order valence-electron chi connectivity index (χ1n) is 5.40. The highest BCUT2D eigenvalue weighted by molar-refractivity contribution is 9.10. The van der Waals surface area contributed by atoms with Gasteiger partial charge in [-0.2, -0.15) is 0 Å². The van der Waals surface area contributed by atoms with Gasteiger partial charge in [0.25, 0.3) is 0 Å². The molecule has 0 aliphatic heterocycles. The zero-order chi connectivity index (χ0) is 11.4. The Morgan fingerprint density at radius 3 is 2.40 bits per heavy atom. The molecule has 82 valence electrons.